The van der Waals surface area contributed by atoms with Crippen molar-refractivity contribution in [3.8, 4) is 0 Å². The van der Waals surface area contributed by atoms with Crippen LogP contribution in [0.3, 0.4) is 0 Å². The molecule has 2 atom stereocenters. The van der Waals surface area contributed by atoms with Gasteiger partial charge >= 0.3 is 0 Å². The molecule has 1 aromatic carbocycles. The van der Waals surface area contributed by atoms with E-state index in [0.717, 1.165) is 10.5 Å². The van der Waals surface area contributed by atoms with Crippen LogP contribution < -0.4 is 5.32 Å². The van der Waals surface area contributed by atoms with Gasteiger partial charge in [-0.1, -0.05) is 13.0 Å². The first-order chi connectivity index (χ1) is 7.08. The maximum absolute atomic E-state index is 11.9. The topological polar surface area (TPSA) is 46.2 Å². The van der Waals surface area contributed by atoms with Gasteiger partial charge in [-0.05, 0) is 24.6 Å². The molecule has 4 heteroatoms. The van der Waals surface area contributed by atoms with Crippen LogP contribution in [0.4, 0.5) is 5.69 Å². The quantitative estimate of drug-likeness (QED) is 0.727. The molecule has 0 spiro atoms. The van der Waals surface area contributed by atoms with Gasteiger partial charge in [0.05, 0.1) is 21.4 Å². The molecule has 0 fully saturated rings. The third-order valence-electron chi connectivity index (χ3n) is 2.49. The molecule has 0 saturated carbocycles. The smallest absolute Gasteiger partial charge is 0.228 e. The Labute approximate surface area is 91.3 Å². The Morgan fingerprint density at radius 3 is 2.93 bits per heavy atom. The van der Waals surface area contributed by atoms with E-state index in [1.165, 1.54) is 0 Å². The second-order valence-electron chi connectivity index (χ2n) is 3.90. The van der Waals surface area contributed by atoms with Crippen molar-refractivity contribution in [3.63, 3.8) is 0 Å². The third kappa shape index (κ3) is 1.95. The van der Waals surface area contributed by atoms with Crippen molar-refractivity contribution in [3.05, 3.63) is 23.8 Å². The van der Waals surface area contributed by atoms with E-state index in [9.17, 15) is 9.00 Å². The number of carbonyl (C=O) groups excluding carboxylic acids is 1. The van der Waals surface area contributed by atoms with E-state index < -0.39 is 10.8 Å². The standard InChI is InChI=1S/C11H13NO2S/c1-7-3-4-9-10(5-7)15(14)6-8(2)11(13)12-9/h3-5,8H,6H2,1-2H3,(H,12,13). The van der Waals surface area contributed by atoms with Crippen LogP contribution >= 0.6 is 0 Å². The summed E-state index contributed by atoms with van der Waals surface area (Å²) in [6, 6.07) is 5.61. The lowest BCUT2D eigenvalue weighted by molar-refractivity contribution is -0.118. The largest absolute Gasteiger partial charge is 0.325 e. The second kappa shape index (κ2) is 3.77. The minimum absolute atomic E-state index is 0.0500. The summed E-state index contributed by atoms with van der Waals surface area (Å²) in [5, 5.41) is 2.80. The third-order valence-corrected chi connectivity index (χ3v) is 4.12. The average Bonchev–Trinajstić information content (AvgIpc) is 2.28. The van der Waals surface area contributed by atoms with Crippen molar-refractivity contribution in [1.29, 1.82) is 0 Å². The van der Waals surface area contributed by atoms with Crippen LogP contribution in [-0.4, -0.2) is 15.9 Å². The summed E-state index contributed by atoms with van der Waals surface area (Å²) in [5.41, 5.74) is 1.75. The van der Waals surface area contributed by atoms with Crippen molar-refractivity contribution in [2.24, 2.45) is 5.92 Å². The molecule has 1 aliphatic rings. The van der Waals surface area contributed by atoms with Gasteiger partial charge in [-0.2, -0.15) is 0 Å². The molecule has 0 aromatic heterocycles. The molecule has 0 aliphatic carbocycles. The SMILES string of the molecule is Cc1ccc2c(c1)S(=O)CC(C)C(=O)N2. The average molecular weight is 223 g/mol. The van der Waals surface area contributed by atoms with Crippen molar-refractivity contribution in [1.82, 2.24) is 0 Å². The van der Waals surface area contributed by atoms with E-state index in [1.807, 2.05) is 25.1 Å². The van der Waals surface area contributed by atoms with Gasteiger partial charge in [-0.25, -0.2) is 0 Å². The summed E-state index contributed by atoms with van der Waals surface area (Å²) in [6.45, 7) is 3.75. The van der Waals surface area contributed by atoms with Crippen LogP contribution in [0.2, 0.25) is 0 Å². The number of aryl methyl sites for hydroxylation is 1. The Balaban J connectivity index is 2.51. The lowest BCUT2D eigenvalue weighted by Gasteiger charge is -2.06. The summed E-state index contributed by atoms with van der Waals surface area (Å²) >= 11 is 0. The van der Waals surface area contributed by atoms with Gasteiger partial charge in [0, 0.05) is 11.7 Å². The van der Waals surface area contributed by atoms with Gasteiger partial charge in [-0.3, -0.25) is 9.00 Å². The zero-order chi connectivity index (χ0) is 11.0. The zero-order valence-electron chi connectivity index (χ0n) is 8.74. The van der Waals surface area contributed by atoms with Crippen LogP contribution in [0.25, 0.3) is 0 Å². The summed E-state index contributed by atoms with van der Waals surface area (Å²) in [7, 11) is -1.08. The van der Waals surface area contributed by atoms with E-state index in [1.54, 1.807) is 6.92 Å². The van der Waals surface area contributed by atoms with Crippen molar-refractivity contribution >= 4 is 22.4 Å². The van der Waals surface area contributed by atoms with Gasteiger partial charge in [0.25, 0.3) is 0 Å². The van der Waals surface area contributed by atoms with E-state index in [2.05, 4.69) is 5.32 Å². The first kappa shape index (κ1) is 10.4. The van der Waals surface area contributed by atoms with E-state index >= 15 is 0 Å². The van der Waals surface area contributed by atoms with Crippen LogP contribution in [-0.2, 0) is 15.6 Å². The number of carbonyl (C=O) groups is 1. The normalized spacial score (nSPS) is 25.3. The molecule has 1 N–H and O–H groups in total. The minimum Gasteiger partial charge on any atom is -0.325 e. The van der Waals surface area contributed by atoms with Crippen LogP contribution in [0.5, 0.6) is 0 Å². The molecular weight excluding hydrogens is 210 g/mol. The minimum atomic E-state index is -1.08. The number of fused-ring (bicyclic) bond motifs is 1. The predicted molar refractivity (Wildman–Crippen MR) is 60.2 cm³/mol. The van der Waals surface area contributed by atoms with Gasteiger partial charge < -0.3 is 5.32 Å². The maximum atomic E-state index is 11.9. The van der Waals surface area contributed by atoms with Gasteiger partial charge in [0.1, 0.15) is 0 Å². The first-order valence-corrected chi connectivity index (χ1v) is 6.19. The van der Waals surface area contributed by atoms with Gasteiger partial charge in [0.15, 0.2) is 0 Å². The van der Waals surface area contributed by atoms with E-state index in [0.29, 0.717) is 11.4 Å². The number of benzene rings is 1. The van der Waals surface area contributed by atoms with Crippen LogP contribution in [0, 0.1) is 12.8 Å². The molecule has 0 radical (unpaired) electrons. The molecule has 1 aromatic rings. The fourth-order valence-corrected chi connectivity index (χ4v) is 3.04. The zero-order valence-corrected chi connectivity index (χ0v) is 9.56. The first-order valence-electron chi connectivity index (χ1n) is 4.88. The van der Waals surface area contributed by atoms with Crippen LogP contribution in [0.15, 0.2) is 23.1 Å². The Hall–Kier alpha value is -1.16. The maximum Gasteiger partial charge on any atom is 0.228 e. The number of hydrogen-bond acceptors (Lipinski definition) is 2. The number of hydrogen-bond donors (Lipinski definition) is 1. The molecule has 15 heavy (non-hydrogen) atoms. The molecule has 2 rings (SSSR count). The van der Waals surface area contributed by atoms with Crippen molar-refractivity contribution in [2.75, 3.05) is 11.1 Å². The van der Waals surface area contributed by atoms with Gasteiger partial charge in [0.2, 0.25) is 5.91 Å². The summed E-state index contributed by atoms with van der Waals surface area (Å²) in [5.74, 6) is 0.159. The van der Waals surface area contributed by atoms with Crippen LogP contribution in [0.1, 0.15) is 12.5 Å². The summed E-state index contributed by atoms with van der Waals surface area (Å²) in [6.07, 6.45) is 0. The monoisotopic (exact) mass is 223 g/mol. The molecule has 1 heterocycles. The highest BCUT2D eigenvalue weighted by Gasteiger charge is 2.24. The van der Waals surface area contributed by atoms with Crippen molar-refractivity contribution < 1.29 is 9.00 Å². The molecule has 2 unspecified atom stereocenters. The highest BCUT2D eigenvalue weighted by Crippen LogP contribution is 2.26. The Morgan fingerprint density at radius 1 is 1.47 bits per heavy atom. The molecular formula is C11H13NO2S. The summed E-state index contributed by atoms with van der Waals surface area (Å²) < 4.78 is 11.9. The number of anilines is 1. The highest BCUT2D eigenvalue weighted by atomic mass is 32.2. The summed E-state index contributed by atoms with van der Waals surface area (Å²) in [4.78, 5) is 12.3. The number of nitrogens with one attached hydrogen (secondary N) is 1. The number of amides is 1. The molecule has 1 amide bonds. The highest BCUT2D eigenvalue weighted by molar-refractivity contribution is 7.85. The predicted octanol–water partition coefficient (Wildman–Crippen LogP) is 1.69. The molecule has 0 saturated heterocycles. The fraction of sp³-hybridized carbons (Fsp3) is 0.364. The van der Waals surface area contributed by atoms with E-state index in [4.69, 9.17) is 0 Å². The molecule has 0 bridgehead atoms. The van der Waals surface area contributed by atoms with Crippen molar-refractivity contribution in [2.45, 2.75) is 18.7 Å². The lowest BCUT2D eigenvalue weighted by atomic mass is 10.2. The Kier molecular flexibility index (Phi) is 2.61. The van der Waals surface area contributed by atoms with Gasteiger partial charge in [-0.15, -0.1) is 0 Å². The second-order valence-corrected chi connectivity index (χ2v) is 5.37. The molecule has 1 aliphatic heterocycles. The fourth-order valence-electron chi connectivity index (χ4n) is 1.57. The molecule has 3 nitrogen and oxygen atoms in total. The Bertz CT molecular complexity index is 442. The number of rotatable bonds is 0. The lowest BCUT2D eigenvalue weighted by Crippen LogP contribution is -2.21. The Morgan fingerprint density at radius 2 is 2.20 bits per heavy atom. The molecule has 80 valence electrons. The van der Waals surface area contributed by atoms with E-state index in [-0.39, 0.29) is 11.8 Å².